The van der Waals surface area contributed by atoms with Crippen LogP contribution in [0.1, 0.15) is 57.8 Å². The number of nitrogens with one attached hydrogen (secondary N) is 2. The zero-order chi connectivity index (χ0) is 18.8. The second-order valence-corrected chi connectivity index (χ2v) is 8.41. The number of hydrogen-bond donors (Lipinski definition) is 2. The van der Waals surface area contributed by atoms with Gasteiger partial charge in [-0.25, -0.2) is 0 Å². The van der Waals surface area contributed by atoms with Crippen LogP contribution in [0.2, 0.25) is 0 Å². The van der Waals surface area contributed by atoms with Gasteiger partial charge in [0.15, 0.2) is 0 Å². The van der Waals surface area contributed by atoms with E-state index in [9.17, 15) is 14.4 Å². The average Bonchev–Trinajstić information content (AvgIpc) is 3.26. The van der Waals surface area contributed by atoms with Gasteiger partial charge in [0.1, 0.15) is 0 Å². The van der Waals surface area contributed by atoms with Crippen molar-refractivity contribution in [3.63, 3.8) is 0 Å². The van der Waals surface area contributed by atoms with E-state index in [0.29, 0.717) is 12.6 Å². The molecule has 4 unspecified atom stereocenters. The van der Waals surface area contributed by atoms with E-state index in [2.05, 4.69) is 10.6 Å². The van der Waals surface area contributed by atoms with Crippen LogP contribution in [0.4, 0.5) is 0 Å². The van der Waals surface area contributed by atoms with Gasteiger partial charge in [-0.3, -0.25) is 19.3 Å². The van der Waals surface area contributed by atoms with Gasteiger partial charge in [0.05, 0.1) is 24.0 Å². The van der Waals surface area contributed by atoms with Crippen LogP contribution in [0.25, 0.3) is 0 Å². The van der Waals surface area contributed by atoms with Gasteiger partial charge in [0.25, 0.3) is 0 Å². The van der Waals surface area contributed by atoms with Crippen LogP contribution >= 0.6 is 0 Å². The van der Waals surface area contributed by atoms with E-state index >= 15 is 0 Å². The summed E-state index contributed by atoms with van der Waals surface area (Å²) in [6.07, 6.45) is 9.42. The summed E-state index contributed by atoms with van der Waals surface area (Å²) in [6, 6.07) is 0.571. The molecule has 27 heavy (non-hydrogen) atoms. The molecule has 4 rings (SSSR count). The highest BCUT2D eigenvalue weighted by molar-refractivity contribution is 6.06. The number of likely N-dealkylation sites (tertiary alicyclic amines) is 1. The fourth-order valence-electron chi connectivity index (χ4n) is 5.26. The number of nitrogens with zero attached hydrogens (tertiary/aromatic N) is 1. The van der Waals surface area contributed by atoms with Gasteiger partial charge in [-0.2, -0.15) is 0 Å². The Kier molecular flexibility index (Phi) is 5.78. The largest absolute Gasteiger partial charge is 0.373 e. The Labute approximate surface area is 160 Å². The molecule has 3 aliphatic heterocycles. The topological polar surface area (TPSA) is 87.7 Å². The number of rotatable bonds is 7. The van der Waals surface area contributed by atoms with Crippen LogP contribution in [0.5, 0.6) is 0 Å². The third-order valence-electron chi connectivity index (χ3n) is 6.67. The lowest BCUT2D eigenvalue weighted by molar-refractivity contribution is -0.142. The minimum absolute atomic E-state index is 0.0923. The molecule has 3 heterocycles. The predicted molar refractivity (Wildman–Crippen MR) is 98.7 cm³/mol. The summed E-state index contributed by atoms with van der Waals surface area (Å²) in [6.45, 7) is 1.54. The van der Waals surface area contributed by atoms with E-state index in [1.165, 1.54) is 43.4 Å². The maximum Gasteiger partial charge on any atom is 0.235 e. The second kappa shape index (κ2) is 8.27. The van der Waals surface area contributed by atoms with Gasteiger partial charge in [0.2, 0.25) is 17.7 Å². The Morgan fingerprint density at radius 3 is 2.19 bits per heavy atom. The van der Waals surface area contributed by atoms with Crippen molar-refractivity contribution < 1.29 is 19.1 Å². The van der Waals surface area contributed by atoms with E-state index in [1.807, 2.05) is 0 Å². The molecule has 4 aliphatic rings. The SMILES string of the molecule is O=C(CCN1C(=O)C2C3CCC(O3)C2C1=O)NCCNC1CCCCCC1. The molecule has 2 N–H and O–H groups in total. The predicted octanol–water partition coefficient (Wildman–Crippen LogP) is 0.968. The Hall–Kier alpha value is -1.47. The van der Waals surface area contributed by atoms with Crippen molar-refractivity contribution in [3.05, 3.63) is 0 Å². The average molecular weight is 377 g/mol. The van der Waals surface area contributed by atoms with Crippen molar-refractivity contribution in [3.8, 4) is 0 Å². The summed E-state index contributed by atoms with van der Waals surface area (Å²) in [5.41, 5.74) is 0. The van der Waals surface area contributed by atoms with Crippen LogP contribution in [0, 0.1) is 11.8 Å². The molecule has 2 bridgehead atoms. The quantitative estimate of drug-likeness (QED) is 0.392. The Morgan fingerprint density at radius 2 is 1.56 bits per heavy atom. The molecular weight excluding hydrogens is 346 g/mol. The number of imide groups is 1. The lowest BCUT2D eigenvalue weighted by Gasteiger charge is -2.18. The van der Waals surface area contributed by atoms with Crippen LogP contribution in [0.3, 0.4) is 0 Å². The highest BCUT2D eigenvalue weighted by Gasteiger charge is 2.62. The van der Waals surface area contributed by atoms with Crippen molar-refractivity contribution in [2.45, 2.75) is 76.0 Å². The first-order valence-electron chi connectivity index (χ1n) is 10.7. The summed E-state index contributed by atoms with van der Waals surface area (Å²) in [4.78, 5) is 38.5. The number of ether oxygens (including phenoxy) is 1. The molecule has 3 amide bonds. The standard InChI is InChI=1S/C20H31N3O4/c24-16(22-11-10-21-13-5-3-1-2-4-6-13)9-12-23-19(25)17-14-7-8-15(27-14)18(17)20(23)26/h13-15,17-18,21H,1-12H2,(H,22,24). The maximum atomic E-state index is 12.5. The molecule has 0 spiro atoms. The van der Waals surface area contributed by atoms with Crippen molar-refractivity contribution in [1.29, 1.82) is 0 Å². The highest BCUT2D eigenvalue weighted by atomic mass is 16.5. The summed E-state index contributed by atoms with van der Waals surface area (Å²) < 4.78 is 5.72. The van der Waals surface area contributed by atoms with Gasteiger partial charge < -0.3 is 15.4 Å². The van der Waals surface area contributed by atoms with E-state index < -0.39 is 0 Å². The van der Waals surface area contributed by atoms with Crippen LogP contribution in [-0.4, -0.2) is 60.5 Å². The van der Waals surface area contributed by atoms with E-state index in [4.69, 9.17) is 4.74 Å². The molecule has 1 saturated carbocycles. The number of amides is 3. The maximum absolute atomic E-state index is 12.5. The fraction of sp³-hybridized carbons (Fsp3) is 0.850. The molecule has 0 aromatic carbocycles. The van der Waals surface area contributed by atoms with Gasteiger partial charge in [0, 0.05) is 32.1 Å². The monoisotopic (exact) mass is 377 g/mol. The smallest absolute Gasteiger partial charge is 0.235 e. The van der Waals surface area contributed by atoms with E-state index in [1.54, 1.807) is 0 Å². The fourth-order valence-corrected chi connectivity index (χ4v) is 5.26. The van der Waals surface area contributed by atoms with Crippen LogP contribution < -0.4 is 10.6 Å². The number of carbonyl (C=O) groups is 3. The molecule has 3 saturated heterocycles. The third-order valence-corrected chi connectivity index (χ3v) is 6.67. The molecule has 150 valence electrons. The first kappa shape index (κ1) is 18.9. The normalized spacial score (nSPS) is 33.4. The molecular formula is C20H31N3O4. The van der Waals surface area contributed by atoms with E-state index in [-0.39, 0.29) is 54.7 Å². The first-order chi connectivity index (χ1) is 13.1. The zero-order valence-corrected chi connectivity index (χ0v) is 16.0. The van der Waals surface area contributed by atoms with Gasteiger partial charge >= 0.3 is 0 Å². The summed E-state index contributed by atoms with van der Waals surface area (Å²) in [5, 5.41) is 6.42. The van der Waals surface area contributed by atoms with Gasteiger partial charge in [-0.05, 0) is 25.7 Å². The highest BCUT2D eigenvalue weighted by Crippen LogP contribution is 2.48. The van der Waals surface area contributed by atoms with E-state index in [0.717, 1.165) is 19.4 Å². The zero-order valence-electron chi connectivity index (χ0n) is 16.0. The van der Waals surface area contributed by atoms with Crippen molar-refractivity contribution >= 4 is 17.7 Å². The summed E-state index contributed by atoms with van der Waals surface area (Å²) in [7, 11) is 0. The second-order valence-electron chi connectivity index (χ2n) is 8.41. The summed E-state index contributed by atoms with van der Waals surface area (Å²) in [5.74, 6) is -0.985. The molecule has 4 atom stereocenters. The van der Waals surface area contributed by atoms with Gasteiger partial charge in [-0.1, -0.05) is 25.7 Å². The summed E-state index contributed by atoms with van der Waals surface area (Å²) >= 11 is 0. The lowest BCUT2D eigenvalue weighted by Crippen LogP contribution is -2.39. The van der Waals surface area contributed by atoms with Gasteiger partial charge in [-0.15, -0.1) is 0 Å². The molecule has 1 aliphatic carbocycles. The molecule has 0 radical (unpaired) electrons. The molecule has 0 aromatic rings. The van der Waals surface area contributed by atoms with Crippen molar-refractivity contribution in [2.24, 2.45) is 11.8 Å². The molecule has 7 heteroatoms. The minimum Gasteiger partial charge on any atom is -0.373 e. The third kappa shape index (κ3) is 3.90. The van der Waals surface area contributed by atoms with Crippen molar-refractivity contribution in [2.75, 3.05) is 19.6 Å². The minimum atomic E-state index is -0.303. The van der Waals surface area contributed by atoms with Crippen molar-refractivity contribution in [1.82, 2.24) is 15.5 Å². The Balaban J connectivity index is 1.15. The van der Waals surface area contributed by atoms with Crippen LogP contribution in [-0.2, 0) is 19.1 Å². The Bertz CT molecular complexity index is 560. The molecule has 7 nitrogen and oxygen atoms in total. The lowest BCUT2D eigenvalue weighted by atomic mass is 9.81. The number of hydrogen-bond acceptors (Lipinski definition) is 5. The number of carbonyl (C=O) groups excluding carboxylic acids is 3. The molecule has 4 fully saturated rings. The number of fused-ring (bicyclic) bond motifs is 5. The molecule has 0 aromatic heterocycles. The first-order valence-corrected chi connectivity index (χ1v) is 10.7. The van der Waals surface area contributed by atoms with Crippen LogP contribution in [0.15, 0.2) is 0 Å². The Morgan fingerprint density at radius 1 is 0.926 bits per heavy atom.